The lowest BCUT2D eigenvalue weighted by atomic mass is 10.1. The average Bonchev–Trinajstić information content (AvgIpc) is 3.25. The first kappa shape index (κ1) is 20.6. The predicted octanol–water partition coefficient (Wildman–Crippen LogP) is 2.73. The largest absolute Gasteiger partial charge is 0.350 e. The maximum absolute atomic E-state index is 12.8. The zero-order valence-electron chi connectivity index (χ0n) is 16.4. The number of benzene rings is 2. The fraction of sp³-hybridized carbons (Fsp3) is 0.238. The monoisotopic (exact) mass is 412 g/mol. The summed E-state index contributed by atoms with van der Waals surface area (Å²) in [7, 11) is -3.62. The van der Waals surface area contributed by atoms with Crippen molar-refractivity contribution in [2.75, 3.05) is 10.6 Å². The Bertz CT molecular complexity index is 1030. The lowest BCUT2D eigenvalue weighted by Crippen LogP contribution is -2.49. The second-order valence-electron chi connectivity index (χ2n) is 6.67. The van der Waals surface area contributed by atoms with Crippen LogP contribution in [0.1, 0.15) is 18.9 Å². The number of hydrogen-bond acceptors (Lipinski definition) is 4. The predicted molar refractivity (Wildman–Crippen MR) is 113 cm³/mol. The Morgan fingerprint density at radius 3 is 2.38 bits per heavy atom. The van der Waals surface area contributed by atoms with Crippen molar-refractivity contribution in [3.63, 3.8) is 0 Å². The number of para-hydroxylation sites is 1. The normalized spacial score (nSPS) is 12.3. The van der Waals surface area contributed by atoms with Gasteiger partial charge in [0, 0.05) is 24.6 Å². The van der Waals surface area contributed by atoms with Gasteiger partial charge in [0.1, 0.15) is 6.04 Å². The molecule has 0 unspecified atom stereocenters. The second kappa shape index (κ2) is 8.91. The lowest BCUT2D eigenvalue weighted by molar-refractivity contribution is -0.122. The Hall–Kier alpha value is -3.13. The highest BCUT2D eigenvalue weighted by molar-refractivity contribution is 7.92. The number of amides is 1. The summed E-state index contributed by atoms with van der Waals surface area (Å²) < 4.78 is 27.9. The van der Waals surface area contributed by atoms with Gasteiger partial charge in [-0.05, 0) is 36.2 Å². The molecule has 1 atom stereocenters. The minimum Gasteiger partial charge on any atom is -0.350 e. The fourth-order valence-electron chi connectivity index (χ4n) is 3.14. The van der Waals surface area contributed by atoms with Crippen LogP contribution >= 0.6 is 0 Å². The van der Waals surface area contributed by atoms with Crippen molar-refractivity contribution in [1.29, 1.82) is 0 Å². The molecular weight excluding hydrogens is 388 g/mol. The number of hydrogen-bond donors (Lipinski definition) is 1. The van der Waals surface area contributed by atoms with Gasteiger partial charge in [-0.3, -0.25) is 9.10 Å². The first-order valence-corrected chi connectivity index (χ1v) is 11.1. The fourth-order valence-corrected chi connectivity index (χ4v) is 4.35. The van der Waals surface area contributed by atoms with E-state index in [4.69, 9.17) is 0 Å². The van der Waals surface area contributed by atoms with Crippen molar-refractivity contribution in [1.82, 2.24) is 14.9 Å². The van der Waals surface area contributed by atoms with Crippen LogP contribution in [0.2, 0.25) is 0 Å². The maximum atomic E-state index is 12.8. The Morgan fingerprint density at radius 2 is 1.83 bits per heavy atom. The number of carbonyl (C=O) groups excluding carboxylic acids is 1. The molecular formula is C21H24N4O3S. The quantitative estimate of drug-likeness (QED) is 0.617. The summed E-state index contributed by atoms with van der Waals surface area (Å²) in [4.78, 5) is 16.9. The molecule has 0 aliphatic rings. The lowest BCUT2D eigenvalue weighted by Gasteiger charge is -2.30. The van der Waals surface area contributed by atoms with Gasteiger partial charge in [-0.1, -0.05) is 37.3 Å². The van der Waals surface area contributed by atoms with Gasteiger partial charge in [0.2, 0.25) is 15.9 Å². The third kappa shape index (κ3) is 5.03. The molecule has 8 heteroatoms. The molecule has 0 saturated heterocycles. The molecule has 1 heterocycles. The number of nitrogens with zero attached hydrogens (tertiary/aromatic N) is 3. The molecule has 0 bridgehead atoms. The molecule has 0 fully saturated rings. The first-order valence-electron chi connectivity index (χ1n) is 9.29. The summed E-state index contributed by atoms with van der Waals surface area (Å²) in [6, 6.07) is 15.6. The van der Waals surface area contributed by atoms with E-state index in [1.54, 1.807) is 49.8 Å². The molecule has 152 valence electrons. The highest BCUT2D eigenvalue weighted by Crippen LogP contribution is 2.22. The number of rotatable bonds is 8. The van der Waals surface area contributed by atoms with E-state index in [0.717, 1.165) is 17.5 Å². The number of anilines is 1. The summed E-state index contributed by atoms with van der Waals surface area (Å²) >= 11 is 0. The SMILES string of the molecule is CC[C@H](C(=O)NCc1ccc(-n2ccnc2)cc1)N(c1ccccc1)S(C)(=O)=O. The van der Waals surface area contributed by atoms with E-state index in [9.17, 15) is 13.2 Å². The van der Waals surface area contributed by atoms with Gasteiger partial charge >= 0.3 is 0 Å². The third-order valence-electron chi connectivity index (χ3n) is 4.55. The summed E-state index contributed by atoms with van der Waals surface area (Å²) in [6.45, 7) is 2.11. The van der Waals surface area contributed by atoms with Crippen LogP contribution in [0.3, 0.4) is 0 Å². The van der Waals surface area contributed by atoms with Gasteiger partial charge in [-0.15, -0.1) is 0 Å². The number of aromatic nitrogens is 2. The van der Waals surface area contributed by atoms with Crippen molar-refractivity contribution < 1.29 is 13.2 Å². The maximum Gasteiger partial charge on any atom is 0.244 e. The highest BCUT2D eigenvalue weighted by Gasteiger charge is 2.31. The number of carbonyl (C=O) groups is 1. The van der Waals surface area contributed by atoms with Gasteiger partial charge in [0.05, 0.1) is 18.3 Å². The van der Waals surface area contributed by atoms with Gasteiger partial charge in [-0.2, -0.15) is 0 Å². The Balaban J connectivity index is 1.72. The topological polar surface area (TPSA) is 84.3 Å². The Kier molecular flexibility index (Phi) is 6.33. The molecule has 0 spiro atoms. The van der Waals surface area contributed by atoms with E-state index in [2.05, 4.69) is 10.3 Å². The van der Waals surface area contributed by atoms with E-state index in [1.165, 1.54) is 4.31 Å². The molecule has 0 radical (unpaired) electrons. The summed E-state index contributed by atoms with van der Waals surface area (Å²) in [5, 5.41) is 2.86. The van der Waals surface area contributed by atoms with Crippen LogP contribution < -0.4 is 9.62 Å². The van der Waals surface area contributed by atoms with Gasteiger partial charge in [-0.25, -0.2) is 13.4 Å². The molecule has 2 aromatic carbocycles. The summed E-state index contributed by atoms with van der Waals surface area (Å²) in [5.41, 5.74) is 2.36. The Labute approximate surface area is 171 Å². The van der Waals surface area contributed by atoms with Crippen LogP contribution in [-0.4, -0.2) is 36.2 Å². The van der Waals surface area contributed by atoms with Crippen molar-refractivity contribution >= 4 is 21.6 Å². The number of nitrogens with one attached hydrogen (secondary N) is 1. The molecule has 0 aliphatic carbocycles. The number of sulfonamides is 1. The third-order valence-corrected chi connectivity index (χ3v) is 5.73. The van der Waals surface area contributed by atoms with E-state index in [0.29, 0.717) is 18.7 Å². The van der Waals surface area contributed by atoms with Crippen LogP contribution in [0, 0.1) is 0 Å². The van der Waals surface area contributed by atoms with Crippen LogP contribution in [0.4, 0.5) is 5.69 Å². The molecule has 3 aromatic rings. The minimum absolute atomic E-state index is 0.311. The standard InChI is InChI=1S/C21H24N4O3S/c1-3-20(25(29(2,27)28)19-7-5-4-6-8-19)21(26)23-15-17-9-11-18(12-10-17)24-14-13-22-16-24/h4-14,16,20H,3,15H2,1-2H3,(H,23,26)/t20-/m1/s1. The van der Waals surface area contributed by atoms with E-state index < -0.39 is 16.1 Å². The van der Waals surface area contributed by atoms with Crippen LogP contribution in [0.5, 0.6) is 0 Å². The molecule has 0 saturated carbocycles. The van der Waals surface area contributed by atoms with Gasteiger partial charge in [0.25, 0.3) is 0 Å². The Morgan fingerprint density at radius 1 is 1.14 bits per heavy atom. The van der Waals surface area contributed by atoms with Crippen molar-refractivity contribution in [2.24, 2.45) is 0 Å². The summed E-state index contributed by atoms with van der Waals surface area (Å²) in [5.74, 6) is -0.333. The zero-order valence-corrected chi connectivity index (χ0v) is 17.2. The average molecular weight is 413 g/mol. The molecule has 3 rings (SSSR count). The van der Waals surface area contributed by atoms with Crippen molar-refractivity contribution in [2.45, 2.75) is 25.9 Å². The van der Waals surface area contributed by atoms with E-state index in [1.807, 2.05) is 35.0 Å². The minimum atomic E-state index is -3.62. The molecule has 29 heavy (non-hydrogen) atoms. The summed E-state index contributed by atoms with van der Waals surface area (Å²) in [6.07, 6.45) is 6.75. The molecule has 1 N–H and O–H groups in total. The van der Waals surface area contributed by atoms with Crippen LogP contribution in [0.25, 0.3) is 5.69 Å². The van der Waals surface area contributed by atoms with Crippen molar-refractivity contribution in [3.8, 4) is 5.69 Å². The molecule has 1 amide bonds. The van der Waals surface area contributed by atoms with Crippen LogP contribution in [-0.2, 0) is 21.4 Å². The van der Waals surface area contributed by atoms with E-state index in [-0.39, 0.29) is 5.91 Å². The number of imidazole rings is 1. The highest BCUT2D eigenvalue weighted by atomic mass is 32.2. The second-order valence-corrected chi connectivity index (χ2v) is 8.53. The molecule has 1 aromatic heterocycles. The molecule has 7 nitrogen and oxygen atoms in total. The molecule has 0 aliphatic heterocycles. The van der Waals surface area contributed by atoms with E-state index >= 15 is 0 Å². The zero-order chi connectivity index (χ0) is 20.9. The van der Waals surface area contributed by atoms with Crippen molar-refractivity contribution in [3.05, 3.63) is 78.9 Å². The van der Waals surface area contributed by atoms with Gasteiger partial charge in [0.15, 0.2) is 0 Å². The van der Waals surface area contributed by atoms with Crippen LogP contribution in [0.15, 0.2) is 73.3 Å². The van der Waals surface area contributed by atoms with Gasteiger partial charge < -0.3 is 9.88 Å². The first-order chi connectivity index (χ1) is 13.9. The smallest absolute Gasteiger partial charge is 0.244 e.